The molecule has 2 aromatic rings. The molecule has 17 heavy (non-hydrogen) atoms. The molecule has 0 amide bonds. The highest BCUT2D eigenvalue weighted by molar-refractivity contribution is 7.13. The molecule has 0 aliphatic rings. The van der Waals surface area contributed by atoms with Crippen molar-refractivity contribution in [2.24, 2.45) is 0 Å². The SMILES string of the molecule is O=Cc1cnc(Cc2cccc([N+](=O)[O-])c2)s1. The molecule has 0 saturated heterocycles. The maximum Gasteiger partial charge on any atom is 0.269 e. The van der Waals surface area contributed by atoms with Crippen LogP contribution in [0, 0.1) is 10.1 Å². The molecule has 0 atom stereocenters. The van der Waals surface area contributed by atoms with Crippen molar-refractivity contribution in [2.75, 3.05) is 0 Å². The maximum atomic E-state index is 10.6. The predicted octanol–water partition coefficient (Wildman–Crippen LogP) is 2.45. The van der Waals surface area contributed by atoms with E-state index in [1.54, 1.807) is 12.1 Å². The first-order valence-corrected chi connectivity index (χ1v) is 5.64. The third kappa shape index (κ3) is 2.73. The van der Waals surface area contributed by atoms with Crippen molar-refractivity contribution < 1.29 is 9.72 Å². The van der Waals surface area contributed by atoms with Gasteiger partial charge in [-0.25, -0.2) is 4.98 Å². The van der Waals surface area contributed by atoms with Crippen LogP contribution in [0.15, 0.2) is 30.5 Å². The molecule has 0 fully saturated rings. The van der Waals surface area contributed by atoms with Gasteiger partial charge in [-0.3, -0.25) is 14.9 Å². The number of aldehydes is 1. The number of aromatic nitrogens is 1. The van der Waals surface area contributed by atoms with E-state index in [0.717, 1.165) is 16.9 Å². The first kappa shape index (κ1) is 11.4. The number of hydrogen-bond acceptors (Lipinski definition) is 5. The summed E-state index contributed by atoms with van der Waals surface area (Å²) in [4.78, 5) is 25.3. The quantitative estimate of drug-likeness (QED) is 0.473. The summed E-state index contributed by atoms with van der Waals surface area (Å²) >= 11 is 1.29. The van der Waals surface area contributed by atoms with Crippen molar-refractivity contribution in [3.8, 4) is 0 Å². The van der Waals surface area contributed by atoms with E-state index >= 15 is 0 Å². The third-order valence-electron chi connectivity index (χ3n) is 2.16. The van der Waals surface area contributed by atoms with E-state index in [4.69, 9.17) is 0 Å². The minimum atomic E-state index is -0.428. The molecule has 0 radical (unpaired) electrons. The van der Waals surface area contributed by atoms with Crippen LogP contribution in [0.1, 0.15) is 20.2 Å². The maximum absolute atomic E-state index is 10.6. The van der Waals surface area contributed by atoms with Gasteiger partial charge in [-0.15, -0.1) is 11.3 Å². The molecule has 0 unspecified atom stereocenters. The van der Waals surface area contributed by atoms with Crippen molar-refractivity contribution in [3.63, 3.8) is 0 Å². The minimum absolute atomic E-state index is 0.0645. The smallest absolute Gasteiger partial charge is 0.269 e. The number of nitro groups is 1. The molecule has 0 aliphatic carbocycles. The fourth-order valence-corrected chi connectivity index (χ4v) is 2.19. The van der Waals surface area contributed by atoms with E-state index in [1.165, 1.54) is 29.7 Å². The van der Waals surface area contributed by atoms with Gasteiger partial charge in [-0.2, -0.15) is 0 Å². The van der Waals surface area contributed by atoms with E-state index in [-0.39, 0.29) is 5.69 Å². The second-order valence-electron chi connectivity index (χ2n) is 3.38. The van der Waals surface area contributed by atoms with Crippen LogP contribution in [-0.2, 0) is 6.42 Å². The van der Waals surface area contributed by atoms with Gasteiger partial charge in [0.2, 0.25) is 0 Å². The summed E-state index contributed by atoms with van der Waals surface area (Å²) in [6.45, 7) is 0. The largest absolute Gasteiger partial charge is 0.297 e. The van der Waals surface area contributed by atoms with Crippen LogP contribution in [0.5, 0.6) is 0 Å². The van der Waals surface area contributed by atoms with Gasteiger partial charge in [-0.1, -0.05) is 12.1 Å². The molecular weight excluding hydrogens is 240 g/mol. The lowest BCUT2D eigenvalue weighted by atomic mass is 10.1. The lowest BCUT2D eigenvalue weighted by Gasteiger charge is -1.97. The standard InChI is InChI=1S/C11H8N2O3S/c14-7-10-6-12-11(17-10)5-8-2-1-3-9(4-8)13(15)16/h1-4,6-7H,5H2. The summed E-state index contributed by atoms with van der Waals surface area (Å²) in [5, 5.41) is 11.4. The predicted molar refractivity (Wildman–Crippen MR) is 63.4 cm³/mol. The molecule has 1 aromatic heterocycles. The molecule has 1 aromatic carbocycles. The number of thiazole rings is 1. The second kappa shape index (κ2) is 4.84. The molecule has 0 spiro atoms. The zero-order valence-corrected chi connectivity index (χ0v) is 9.52. The molecule has 0 aliphatic heterocycles. The Hall–Kier alpha value is -2.08. The van der Waals surface area contributed by atoms with Gasteiger partial charge in [-0.05, 0) is 5.56 Å². The Labute approximate surface area is 101 Å². The zero-order chi connectivity index (χ0) is 12.3. The number of carbonyl (C=O) groups is 1. The molecular formula is C11H8N2O3S. The van der Waals surface area contributed by atoms with Crippen LogP contribution in [0.25, 0.3) is 0 Å². The summed E-state index contributed by atoms with van der Waals surface area (Å²) in [7, 11) is 0. The molecule has 2 rings (SSSR count). The highest BCUT2D eigenvalue weighted by Crippen LogP contribution is 2.19. The van der Waals surface area contributed by atoms with E-state index in [1.807, 2.05) is 0 Å². The molecule has 86 valence electrons. The fraction of sp³-hybridized carbons (Fsp3) is 0.0909. The van der Waals surface area contributed by atoms with Gasteiger partial charge in [0.1, 0.15) is 0 Å². The molecule has 1 heterocycles. The Morgan fingerprint density at radius 1 is 1.47 bits per heavy atom. The van der Waals surface area contributed by atoms with Crippen LogP contribution in [0.4, 0.5) is 5.69 Å². The van der Waals surface area contributed by atoms with Gasteiger partial charge in [0.15, 0.2) is 6.29 Å². The summed E-state index contributed by atoms with van der Waals surface area (Å²) < 4.78 is 0. The van der Waals surface area contributed by atoms with Gasteiger partial charge in [0, 0.05) is 24.8 Å². The van der Waals surface area contributed by atoms with Crippen LogP contribution >= 0.6 is 11.3 Å². The van der Waals surface area contributed by atoms with Gasteiger partial charge < -0.3 is 0 Å². The average molecular weight is 248 g/mol. The van der Waals surface area contributed by atoms with Crippen molar-refractivity contribution in [1.29, 1.82) is 0 Å². The van der Waals surface area contributed by atoms with Crippen molar-refractivity contribution in [2.45, 2.75) is 6.42 Å². The monoisotopic (exact) mass is 248 g/mol. The summed E-state index contributed by atoms with van der Waals surface area (Å²) in [6.07, 6.45) is 2.75. The van der Waals surface area contributed by atoms with Crippen LogP contribution in [0.2, 0.25) is 0 Å². The summed E-state index contributed by atoms with van der Waals surface area (Å²) in [5.41, 5.74) is 0.876. The molecule has 6 heteroatoms. The van der Waals surface area contributed by atoms with Crippen LogP contribution in [0.3, 0.4) is 0 Å². The fourth-order valence-electron chi connectivity index (χ4n) is 1.42. The number of nitro benzene ring substituents is 1. The lowest BCUT2D eigenvalue weighted by molar-refractivity contribution is -0.384. The number of non-ortho nitro benzene ring substituents is 1. The number of hydrogen-bond donors (Lipinski definition) is 0. The molecule has 5 nitrogen and oxygen atoms in total. The highest BCUT2D eigenvalue weighted by Gasteiger charge is 2.08. The summed E-state index contributed by atoms with van der Waals surface area (Å²) in [6, 6.07) is 6.40. The van der Waals surface area contributed by atoms with Crippen LogP contribution in [-0.4, -0.2) is 16.2 Å². The number of benzene rings is 1. The topological polar surface area (TPSA) is 73.1 Å². The van der Waals surface area contributed by atoms with Crippen LogP contribution < -0.4 is 0 Å². The lowest BCUT2D eigenvalue weighted by Crippen LogP contribution is -1.91. The van der Waals surface area contributed by atoms with Crippen molar-refractivity contribution >= 4 is 23.3 Å². The second-order valence-corrected chi connectivity index (χ2v) is 4.52. The highest BCUT2D eigenvalue weighted by atomic mass is 32.1. The third-order valence-corrected chi connectivity index (χ3v) is 3.09. The Bertz CT molecular complexity index is 565. The average Bonchev–Trinajstić information content (AvgIpc) is 2.77. The molecule has 0 N–H and O–H groups in total. The van der Waals surface area contributed by atoms with Gasteiger partial charge >= 0.3 is 0 Å². The van der Waals surface area contributed by atoms with Crippen molar-refractivity contribution in [3.05, 3.63) is 56.0 Å². The minimum Gasteiger partial charge on any atom is -0.297 e. The Morgan fingerprint density at radius 3 is 2.94 bits per heavy atom. The van der Waals surface area contributed by atoms with E-state index in [0.29, 0.717) is 11.3 Å². The van der Waals surface area contributed by atoms with Crippen molar-refractivity contribution in [1.82, 2.24) is 4.98 Å². The zero-order valence-electron chi connectivity index (χ0n) is 8.70. The van der Waals surface area contributed by atoms with E-state index in [9.17, 15) is 14.9 Å². The van der Waals surface area contributed by atoms with Gasteiger partial charge in [0.25, 0.3) is 5.69 Å². The number of nitrogens with zero attached hydrogens (tertiary/aromatic N) is 2. The first-order chi connectivity index (χ1) is 8.19. The summed E-state index contributed by atoms with van der Waals surface area (Å²) in [5.74, 6) is 0. The molecule has 0 bridgehead atoms. The Kier molecular flexibility index (Phi) is 3.24. The number of carbonyl (C=O) groups excluding carboxylic acids is 1. The van der Waals surface area contributed by atoms with E-state index < -0.39 is 4.92 Å². The first-order valence-electron chi connectivity index (χ1n) is 4.82. The normalized spacial score (nSPS) is 10.1. The Morgan fingerprint density at radius 2 is 2.29 bits per heavy atom. The van der Waals surface area contributed by atoms with E-state index in [2.05, 4.69) is 4.98 Å². The number of rotatable bonds is 4. The van der Waals surface area contributed by atoms with Gasteiger partial charge in [0.05, 0.1) is 14.8 Å². The molecule has 0 saturated carbocycles. The Balaban J connectivity index is 2.20.